The molecule has 0 saturated carbocycles. The highest BCUT2D eigenvalue weighted by atomic mass is 16.1. The number of carbonyl (C=O) groups excluding carboxylic acids is 2. The second-order valence-electron chi connectivity index (χ2n) is 1.98. The van der Waals surface area contributed by atoms with Gasteiger partial charge < -0.3 is 10.6 Å². The van der Waals surface area contributed by atoms with E-state index in [2.05, 4.69) is 5.73 Å². The molecule has 4 nitrogen and oxygen atoms in total. The average molecular weight is 174 g/mol. The molecule has 1 aliphatic heterocycles. The van der Waals surface area contributed by atoms with E-state index < -0.39 is 0 Å². The predicted molar refractivity (Wildman–Crippen MR) is 48.5 cm³/mol. The number of carbonyl (C=O) groups is 2. The molecule has 1 fully saturated rings. The maximum Gasteiger partial charge on any atom is 0.209 e. The van der Waals surface area contributed by atoms with Crippen molar-refractivity contribution in [2.75, 3.05) is 13.1 Å². The van der Waals surface area contributed by atoms with Crippen LogP contribution < -0.4 is 5.73 Å². The number of amides is 2. The van der Waals surface area contributed by atoms with Gasteiger partial charge in [0.25, 0.3) is 0 Å². The van der Waals surface area contributed by atoms with Crippen molar-refractivity contribution < 1.29 is 9.59 Å². The van der Waals surface area contributed by atoms with Crippen LogP contribution in [0.25, 0.3) is 0 Å². The summed E-state index contributed by atoms with van der Waals surface area (Å²) in [6.45, 7) is 5.95. The van der Waals surface area contributed by atoms with Crippen LogP contribution in [0.2, 0.25) is 0 Å². The minimum atomic E-state index is 0.250. The number of nitrogens with zero attached hydrogens (tertiary/aromatic N) is 1. The smallest absolute Gasteiger partial charge is 0.209 e. The van der Waals surface area contributed by atoms with Crippen LogP contribution in [0.3, 0.4) is 0 Å². The molecule has 12 heavy (non-hydrogen) atoms. The maximum absolute atomic E-state index is 9.93. The summed E-state index contributed by atoms with van der Waals surface area (Å²) in [5.41, 5.74) is 4.17. The molecule has 2 amide bonds. The molecule has 4 heteroatoms. The molecule has 72 valence electrons. The molecule has 1 rings (SSSR count). The van der Waals surface area contributed by atoms with Crippen LogP contribution in [0.1, 0.15) is 26.7 Å². The lowest BCUT2D eigenvalue weighted by atomic mass is 10.4. The molecule has 2 N–H and O–H groups in total. The third-order valence-corrected chi connectivity index (χ3v) is 1.29. The Bertz CT molecular complexity index is 101. The SMILES string of the molecule is CC.NC=O.O=CN1CCCC1. The van der Waals surface area contributed by atoms with Gasteiger partial charge in [-0.3, -0.25) is 9.59 Å². The summed E-state index contributed by atoms with van der Waals surface area (Å²) in [7, 11) is 0. The zero-order valence-corrected chi connectivity index (χ0v) is 7.82. The molecule has 0 unspecified atom stereocenters. The van der Waals surface area contributed by atoms with Gasteiger partial charge in [0, 0.05) is 13.1 Å². The van der Waals surface area contributed by atoms with Crippen molar-refractivity contribution in [1.29, 1.82) is 0 Å². The van der Waals surface area contributed by atoms with Crippen molar-refractivity contribution in [3.63, 3.8) is 0 Å². The van der Waals surface area contributed by atoms with E-state index in [1.165, 1.54) is 12.8 Å². The highest BCUT2D eigenvalue weighted by Crippen LogP contribution is 2.02. The first kappa shape index (κ1) is 13.5. The summed E-state index contributed by atoms with van der Waals surface area (Å²) in [5, 5.41) is 0. The number of hydrogen-bond acceptors (Lipinski definition) is 2. The molecule has 1 saturated heterocycles. The quantitative estimate of drug-likeness (QED) is 0.583. The van der Waals surface area contributed by atoms with Gasteiger partial charge >= 0.3 is 0 Å². The highest BCUT2D eigenvalue weighted by molar-refractivity contribution is 5.47. The molecule has 0 bridgehead atoms. The summed E-state index contributed by atoms with van der Waals surface area (Å²) in [5.74, 6) is 0. The summed E-state index contributed by atoms with van der Waals surface area (Å²) >= 11 is 0. The molecule has 0 radical (unpaired) electrons. The second kappa shape index (κ2) is 12.6. The van der Waals surface area contributed by atoms with Crippen molar-refractivity contribution >= 4 is 12.8 Å². The van der Waals surface area contributed by atoms with Crippen LogP contribution in [-0.4, -0.2) is 30.8 Å². The van der Waals surface area contributed by atoms with E-state index in [9.17, 15) is 4.79 Å². The first-order valence-corrected chi connectivity index (χ1v) is 4.20. The summed E-state index contributed by atoms with van der Waals surface area (Å²) in [4.78, 5) is 20.3. The Morgan fingerprint density at radius 3 is 1.67 bits per heavy atom. The number of likely N-dealkylation sites (tertiary alicyclic amines) is 1. The summed E-state index contributed by atoms with van der Waals surface area (Å²) in [6, 6.07) is 0. The third kappa shape index (κ3) is 8.94. The van der Waals surface area contributed by atoms with E-state index in [0.29, 0.717) is 0 Å². The molecule has 0 aromatic rings. The minimum absolute atomic E-state index is 0.250. The van der Waals surface area contributed by atoms with E-state index in [0.717, 1.165) is 19.5 Å². The monoisotopic (exact) mass is 174 g/mol. The Kier molecular flexibility index (Phi) is 14.2. The Labute approximate surface area is 73.7 Å². The van der Waals surface area contributed by atoms with Gasteiger partial charge in [0.2, 0.25) is 12.8 Å². The van der Waals surface area contributed by atoms with Crippen molar-refractivity contribution in [3.8, 4) is 0 Å². The van der Waals surface area contributed by atoms with Gasteiger partial charge in [-0.05, 0) is 12.8 Å². The van der Waals surface area contributed by atoms with Gasteiger partial charge in [-0.1, -0.05) is 13.8 Å². The van der Waals surface area contributed by atoms with Crippen molar-refractivity contribution in [2.24, 2.45) is 5.73 Å². The van der Waals surface area contributed by atoms with Gasteiger partial charge in [-0.15, -0.1) is 0 Å². The molecular weight excluding hydrogens is 156 g/mol. The van der Waals surface area contributed by atoms with Gasteiger partial charge in [-0.25, -0.2) is 0 Å². The van der Waals surface area contributed by atoms with Crippen molar-refractivity contribution in [1.82, 2.24) is 4.90 Å². The van der Waals surface area contributed by atoms with Crippen molar-refractivity contribution in [2.45, 2.75) is 26.7 Å². The van der Waals surface area contributed by atoms with E-state index >= 15 is 0 Å². The third-order valence-electron chi connectivity index (χ3n) is 1.29. The lowest BCUT2D eigenvalue weighted by Crippen LogP contribution is -2.15. The molecular formula is C8H18N2O2. The first-order valence-electron chi connectivity index (χ1n) is 4.20. The van der Waals surface area contributed by atoms with Crippen LogP contribution in [0.15, 0.2) is 0 Å². The lowest BCUT2D eigenvalue weighted by Gasteiger charge is -2.03. The largest absolute Gasteiger partial charge is 0.372 e. The fraction of sp³-hybridized carbons (Fsp3) is 0.750. The Morgan fingerprint density at radius 1 is 1.17 bits per heavy atom. The maximum atomic E-state index is 9.93. The lowest BCUT2D eigenvalue weighted by molar-refractivity contribution is -0.117. The van der Waals surface area contributed by atoms with Crippen molar-refractivity contribution in [3.05, 3.63) is 0 Å². The zero-order valence-electron chi connectivity index (χ0n) is 7.82. The van der Waals surface area contributed by atoms with Crippen LogP contribution in [0.4, 0.5) is 0 Å². The van der Waals surface area contributed by atoms with Gasteiger partial charge in [0.15, 0.2) is 0 Å². The summed E-state index contributed by atoms with van der Waals surface area (Å²) in [6.07, 6.45) is 3.56. The number of hydrogen-bond donors (Lipinski definition) is 1. The molecule has 0 spiro atoms. The van der Waals surface area contributed by atoms with Crippen LogP contribution in [-0.2, 0) is 9.59 Å². The molecule has 0 atom stereocenters. The average Bonchev–Trinajstić information content (AvgIpc) is 2.61. The second-order valence-corrected chi connectivity index (χ2v) is 1.98. The molecule has 0 aliphatic carbocycles. The first-order chi connectivity index (χ1) is 5.85. The van der Waals surface area contributed by atoms with Gasteiger partial charge in [0.1, 0.15) is 0 Å². The molecule has 1 heterocycles. The van der Waals surface area contributed by atoms with Crippen LogP contribution in [0.5, 0.6) is 0 Å². The normalized spacial score (nSPS) is 13.3. The predicted octanol–water partition coefficient (Wildman–Crippen LogP) is 0.366. The van der Waals surface area contributed by atoms with E-state index in [4.69, 9.17) is 4.79 Å². The number of rotatable bonds is 1. The Morgan fingerprint density at radius 2 is 1.50 bits per heavy atom. The number of primary amides is 1. The molecule has 0 aromatic heterocycles. The standard InChI is InChI=1S/C5H9NO.C2H6.CH3NO/c7-5-6-3-1-2-4-6;1-2;2-1-3/h5H,1-4H2;1-2H3;1H,(H2,2,3). The van der Waals surface area contributed by atoms with Gasteiger partial charge in [-0.2, -0.15) is 0 Å². The van der Waals surface area contributed by atoms with Crippen LogP contribution in [0, 0.1) is 0 Å². The highest BCUT2D eigenvalue weighted by Gasteiger charge is 2.06. The Hall–Kier alpha value is -1.06. The minimum Gasteiger partial charge on any atom is -0.372 e. The van der Waals surface area contributed by atoms with E-state index in [-0.39, 0.29) is 6.41 Å². The molecule has 1 aliphatic rings. The van der Waals surface area contributed by atoms with Gasteiger partial charge in [0.05, 0.1) is 0 Å². The number of nitrogens with two attached hydrogens (primary N) is 1. The van der Waals surface area contributed by atoms with E-state index in [1.54, 1.807) is 4.90 Å². The van der Waals surface area contributed by atoms with E-state index in [1.807, 2.05) is 13.8 Å². The Balaban J connectivity index is 0. The zero-order chi connectivity index (χ0) is 9.82. The molecule has 0 aromatic carbocycles. The summed E-state index contributed by atoms with van der Waals surface area (Å²) < 4.78 is 0. The van der Waals surface area contributed by atoms with Crippen LogP contribution >= 0.6 is 0 Å². The topological polar surface area (TPSA) is 63.4 Å². The fourth-order valence-electron chi connectivity index (χ4n) is 0.847. The fourth-order valence-corrected chi connectivity index (χ4v) is 0.847.